The lowest BCUT2D eigenvalue weighted by atomic mass is 9.84. The first-order chi connectivity index (χ1) is 17.0. The highest BCUT2D eigenvalue weighted by atomic mass is 32.3. The number of aromatic hydroxyl groups is 1. The maximum absolute atomic E-state index is 13.1. The average molecular weight is 562 g/mol. The number of nitrogens with two attached hydrogens (primary N) is 1. The van der Waals surface area contributed by atoms with Crippen molar-refractivity contribution in [2.45, 2.75) is 45.4 Å². The largest absolute Gasteiger partial charge is 0.503 e. The van der Waals surface area contributed by atoms with E-state index in [1.165, 1.54) is 13.8 Å². The summed E-state index contributed by atoms with van der Waals surface area (Å²) in [5.41, 5.74) is 2.76. The zero-order valence-electron chi connectivity index (χ0n) is 19.7. The summed E-state index contributed by atoms with van der Waals surface area (Å²) in [5, 5.41) is 26.2. The number of hydrogen-bond acceptors (Lipinski definition) is 14. The lowest BCUT2D eigenvalue weighted by molar-refractivity contribution is -0.218. The van der Waals surface area contributed by atoms with Gasteiger partial charge in [-0.2, -0.15) is 27.6 Å². The molecule has 6 N–H and O–H groups in total. The molecule has 1 aliphatic heterocycles. The third-order valence-electron chi connectivity index (χ3n) is 5.18. The van der Waals surface area contributed by atoms with Gasteiger partial charge in [-0.1, -0.05) is 19.0 Å². The van der Waals surface area contributed by atoms with Gasteiger partial charge < -0.3 is 26.2 Å². The molecule has 2 amide bonds. The molecule has 3 rings (SSSR count). The Bertz CT molecular complexity index is 1420. The van der Waals surface area contributed by atoms with Gasteiger partial charge in [-0.05, 0) is 19.8 Å². The summed E-state index contributed by atoms with van der Waals surface area (Å²) in [6.07, 6.45) is -0.348. The summed E-state index contributed by atoms with van der Waals surface area (Å²) in [6, 6.07) is -0.392. The molecule has 3 heterocycles. The molecule has 1 fully saturated rings. The van der Waals surface area contributed by atoms with E-state index in [1.807, 2.05) is 0 Å². The zero-order valence-corrected chi connectivity index (χ0v) is 21.3. The van der Waals surface area contributed by atoms with Crippen LogP contribution in [0.15, 0.2) is 22.2 Å². The standard InChI is InChI=1S/C18H23N7O10S2/c1-7(2)12(8-5-9(26)10(27)6-24(8)30)34-22-11(14-21-17(19)36-23-14)15(28)20-13-16(29)25(18(13,3)4)35-37(31,32)33/h5-7,12-13,27,30H,1-4H3,(H,20,28)(H2,19,21,23)(H,31,32,33)/b22-11-. The Kier molecular flexibility index (Phi) is 7.44. The van der Waals surface area contributed by atoms with Gasteiger partial charge >= 0.3 is 10.4 Å². The van der Waals surface area contributed by atoms with Crippen LogP contribution in [-0.2, 0) is 29.1 Å². The van der Waals surface area contributed by atoms with E-state index in [9.17, 15) is 33.1 Å². The van der Waals surface area contributed by atoms with E-state index >= 15 is 0 Å². The smallest absolute Gasteiger partial charge is 0.418 e. The van der Waals surface area contributed by atoms with E-state index < -0.39 is 62.7 Å². The van der Waals surface area contributed by atoms with Crippen molar-refractivity contribution in [3.05, 3.63) is 34.0 Å². The van der Waals surface area contributed by atoms with Crippen LogP contribution in [0.2, 0.25) is 0 Å². The number of oxime groups is 1. The maximum Gasteiger partial charge on any atom is 0.418 e. The van der Waals surface area contributed by atoms with Crippen LogP contribution in [-0.4, -0.2) is 71.5 Å². The number of aromatic nitrogens is 3. The van der Waals surface area contributed by atoms with Crippen LogP contribution >= 0.6 is 11.5 Å². The van der Waals surface area contributed by atoms with E-state index in [2.05, 4.69) is 24.1 Å². The number of nitrogens with zero attached hydrogens (tertiary/aromatic N) is 5. The number of pyridine rings is 1. The van der Waals surface area contributed by atoms with Gasteiger partial charge in [0.05, 0.1) is 11.7 Å². The molecule has 1 aliphatic rings. The molecule has 0 aliphatic carbocycles. The number of hydrogen-bond donors (Lipinski definition) is 5. The van der Waals surface area contributed by atoms with Crippen molar-refractivity contribution in [1.29, 1.82) is 0 Å². The minimum absolute atomic E-state index is 0.0218. The summed E-state index contributed by atoms with van der Waals surface area (Å²) in [6.45, 7) is 6.04. The van der Waals surface area contributed by atoms with E-state index in [-0.39, 0.29) is 16.6 Å². The minimum atomic E-state index is -5.00. The lowest BCUT2D eigenvalue weighted by Crippen LogP contribution is -2.76. The summed E-state index contributed by atoms with van der Waals surface area (Å²) >= 11 is 0.736. The zero-order chi connectivity index (χ0) is 27.9. The first-order valence-electron chi connectivity index (χ1n) is 10.3. The molecule has 0 saturated carbocycles. The summed E-state index contributed by atoms with van der Waals surface area (Å²) < 4.78 is 39.5. The Morgan fingerprint density at radius 2 is 2.00 bits per heavy atom. The number of carbonyl (C=O) groups excluding carboxylic acids is 2. The van der Waals surface area contributed by atoms with E-state index in [1.54, 1.807) is 13.8 Å². The van der Waals surface area contributed by atoms with Crippen LogP contribution < -0.4 is 16.5 Å². The first kappa shape index (κ1) is 27.8. The van der Waals surface area contributed by atoms with E-state index in [0.717, 1.165) is 23.8 Å². The van der Waals surface area contributed by atoms with Crippen LogP contribution in [0.4, 0.5) is 5.13 Å². The number of carbonyl (C=O) groups is 2. The van der Waals surface area contributed by atoms with Crippen molar-refractivity contribution in [2.75, 3.05) is 5.73 Å². The fourth-order valence-electron chi connectivity index (χ4n) is 3.30. The van der Waals surface area contributed by atoms with Crippen LogP contribution in [0.25, 0.3) is 0 Å². The van der Waals surface area contributed by atoms with Crippen molar-refractivity contribution in [1.82, 2.24) is 24.5 Å². The second kappa shape index (κ2) is 9.92. The number of hydroxylamine groups is 2. The summed E-state index contributed by atoms with van der Waals surface area (Å²) in [4.78, 5) is 46.8. The van der Waals surface area contributed by atoms with Gasteiger partial charge in [0.2, 0.25) is 17.0 Å². The fraction of sp³-hybridized carbons (Fsp3) is 0.444. The maximum atomic E-state index is 13.1. The van der Waals surface area contributed by atoms with Crippen LogP contribution in [0, 0.1) is 5.92 Å². The van der Waals surface area contributed by atoms with E-state index in [4.69, 9.17) is 15.1 Å². The summed E-state index contributed by atoms with van der Waals surface area (Å²) in [7, 11) is -5.00. The number of anilines is 1. The van der Waals surface area contributed by atoms with Crippen LogP contribution in [0.5, 0.6) is 5.75 Å². The number of amides is 2. The Hall–Kier alpha value is -3.81. The monoisotopic (exact) mass is 561 g/mol. The molecule has 0 aromatic carbocycles. The molecule has 0 bridgehead atoms. The Morgan fingerprint density at radius 1 is 1.35 bits per heavy atom. The van der Waals surface area contributed by atoms with Crippen molar-refractivity contribution in [3.63, 3.8) is 0 Å². The van der Waals surface area contributed by atoms with Crippen molar-refractivity contribution in [2.24, 2.45) is 11.1 Å². The second-order valence-corrected chi connectivity index (χ2v) is 10.4. The summed E-state index contributed by atoms with van der Waals surface area (Å²) in [5.74, 6) is -3.42. The molecular weight excluding hydrogens is 538 g/mol. The molecule has 2 unspecified atom stereocenters. The molecule has 17 nitrogen and oxygen atoms in total. The molecule has 19 heteroatoms. The van der Waals surface area contributed by atoms with Gasteiger partial charge in [0, 0.05) is 17.6 Å². The highest BCUT2D eigenvalue weighted by Crippen LogP contribution is 2.33. The van der Waals surface area contributed by atoms with Crippen LogP contribution in [0.1, 0.15) is 45.3 Å². The Balaban J connectivity index is 1.92. The minimum Gasteiger partial charge on any atom is -0.503 e. The molecular formula is C18H23N7O10S2. The van der Waals surface area contributed by atoms with Gasteiger partial charge in [0.15, 0.2) is 17.0 Å². The Labute approximate surface area is 213 Å². The average Bonchev–Trinajstić information content (AvgIpc) is 3.21. The Morgan fingerprint density at radius 3 is 2.51 bits per heavy atom. The molecule has 202 valence electrons. The van der Waals surface area contributed by atoms with Gasteiger partial charge in [-0.15, -0.1) is 4.28 Å². The SMILES string of the molecule is CC(C)C(O/N=C(\C(=O)NC1C(=O)N(OS(=O)(=O)O)C1(C)C)c1nsc(N)n1)c1cc(=O)c(O)cn1O. The normalized spacial score (nSPS) is 18.4. The van der Waals surface area contributed by atoms with E-state index in [0.29, 0.717) is 9.79 Å². The van der Waals surface area contributed by atoms with Crippen molar-refractivity contribution < 1.29 is 42.0 Å². The second-order valence-electron chi connectivity index (χ2n) is 8.65. The fourth-order valence-corrected chi connectivity index (χ4v) is 4.19. The molecule has 37 heavy (non-hydrogen) atoms. The number of nitrogens with one attached hydrogen (secondary N) is 1. The number of nitrogen functional groups attached to an aromatic ring is 1. The molecule has 2 atom stereocenters. The predicted octanol–water partition coefficient (Wildman–Crippen LogP) is -0.817. The quantitative estimate of drug-likeness (QED) is 0.0826. The van der Waals surface area contributed by atoms with Crippen molar-refractivity contribution >= 4 is 44.6 Å². The molecule has 1 saturated heterocycles. The predicted molar refractivity (Wildman–Crippen MR) is 125 cm³/mol. The number of β-lactam (4-membered cyclic amide) rings is 1. The van der Waals surface area contributed by atoms with Gasteiger partial charge in [0.25, 0.3) is 11.8 Å². The van der Waals surface area contributed by atoms with Crippen LogP contribution in [0.3, 0.4) is 0 Å². The molecule has 0 spiro atoms. The highest BCUT2D eigenvalue weighted by Gasteiger charge is 2.58. The molecule has 2 aromatic heterocycles. The van der Waals surface area contributed by atoms with Crippen molar-refractivity contribution in [3.8, 4) is 5.75 Å². The highest BCUT2D eigenvalue weighted by molar-refractivity contribution is 7.80. The first-order valence-corrected chi connectivity index (χ1v) is 12.5. The molecule has 2 aromatic rings. The third kappa shape index (κ3) is 5.79. The molecule has 0 radical (unpaired) electrons. The third-order valence-corrected chi connectivity index (χ3v) is 6.06. The van der Waals surface area contributed by atoms with Gasteiger partial charge in [0.1, 0.15) is 11.7 Å². The van der Waals surface area contributed by atoms with Gasteiger partial charge in [-0.25, -0.2) is 0 Å². The topological polar surface area (TPSA) is 249 Å². The number of rotatable bonds is 9. The van der Waals surface area contributed by atoms with Gasteiger partial charge in [-0.3, -0.25) is 18.9 Å². The lowest BCUT2D eigenvalue weighted by Gasteiger charge is -2.50.